The number of rotatable bonds is 6. The van der Waals surface area contributed by atoms with Crippen molar-refractivity contribution >= 4 is 22.8 Å². The largest absolute Gasteiger partial charge is 0.313 e. The topological polar surface area (TPSA) is 38.9 Å². The quantitative estimate of drug-likeness (QED) is 0.769. The predicted octanol–water partition coefficient (Wildman–Crippen LogP) is 2.35. The summed E-state index contributed by atoms with van der Waals surface area (Å²) in [4.78, 5) is 7.31. The van der Waals surface area contributed by atoms with Crippen molar-refractivity contribution in [2.45, 2.75) is 39.2 Å². The lowest BCUT2D eigenvalue weighted by Gasteiger charge is -2.15. The van der Waals surface area contributed by atoms with Crippen LogP contribution >= 0.6 is 11.6 Å². The Bertz CT molecular complexity index is 609. The molecule has 21 heavy (non-hydrogen) atoms. The van der Waals surface area contributed by atoms with Crippen LogP contribution in [0.5, 0.6) is 0 Å². The maximum absolute atomic E-state index is 5.94. The molecular formula is C15H24ClN5. The normalized spacial score (nSPS) is 16.3. The Morgan fingerprint density at radius 1 is 1.19 bits per heavy atom. The summed E-state index contributed by atoms with van der Waals surface area (Å²) in [5, 5.41) is 4.49. The molecule has 0 amide bonds. The van der Waals surface area contributed by atoms with E-state index >= 15 is 0 Å². The van der Waals surface area contributed by atoms with Gasteiger partial charge in [-0.25, -0.2) is 4.98 Å². The van der Waals surface area contributed by atoms with E-state index in [4.69, 9.17) is 16.6 Å². The van der Waals surface area contributed by atoms with Crippen LogP contribution in [0.1, 0.15) is 30.8 Å². The first-order valence-electron chi connectivity index (χ1n) is 7.87. The SMILES string of the molecule is Cc1nn(C)c2c1nc(CCCl)n2CCCN1CCCC1. The van der Waals surface area contributed by atoms with Crippen LogP contribution in [-0.2, 0) is 20.0 Å². The molecule has 3 rings (SSSR count). The van der Waals surface area contributed by atoms with Gasteiger partial charge >= 0.3 is 0 Å². The van der Waals surface area contributed by atoms with Gasteiger partial charge in [-0.3, -0.25) is 4.68 Å². The maximum atomic E-state index is 5.94. The first-order valence-corrected chi connectivity index (χ1v) is 8.41. The Morgan fingerprint density at radius 2 is 1.95 bits per heavy atom. The zero-order valence-electron chi connectivity index (χ0n) is 13.0. The Kier molecular flexibility index (Phi) is 4.50. The molecule has 1 aliphatic heterocycles. The number of likely N-dealkylation sites (tertiary alicyclic amines) is 1. The third-order valence-electron chi connectivity index (χ3n) is 4.34. The third-order valence-corrected chi connectivity index (χ3v) is 4.53. The van der Waals surface area contributed by atoms with Crippen molar-refractivity contribution in [3.63, 3.8) is 0 Å². The number of imidazole rings is 1. The molecule has 0 saturated carbocycles. The van der Waals surface area contributed by atoms with Crippen molar-refractivity contribution in [2.24, 2.45) is 7.05 Å². The van der Waals surface area contributed by atoms with Crippen LogP contribution in [-0.4, -0.2) is 49.7 Å². The van der Waals surface area contributed by atoms with E-state index in [0.29, 0.717) is 5.88 Å². The average Bonchev–Trinajstić information content (AvgIpc) is 3.13. The number of hydrogen-bond acceptors (Lipinski definition) is 3. The minimum absolute atomic E-state index is 0.613. The number of aromatic nitrogens is 4. The summed E-state index contributed by atoms with van der Waals surface area (Å²) in [5.41, 5.74) is 3.16. The van der Waals surface area contributed by atoms with Crippen molar-refractivity contribution < 1.29 is 0 Å². The van der Waals surface area contributed by atoms with E-state index in [1.165, 1.54) is 32.5 Å². The maximum Gasteiger partial charge on any atom is 0.158 e. The zero-order chi connectivity index (χ0) is 14.8. The summed E-state index contributed by atoms with van der Waals surface area (Å²) in [7, 11) is 2.00. The van der Waals surface area contributed by atoms with Crippen molar-refractivity contribution in [3.8, 4) is 0 Å². The predicted molar refractivity (Wildman–Crippen MR) is 86.0 cm³/mol. The summed E-state index contributed by atoms with van der Waals surface area (Å²) in [6.45, 7) is 6.72. The number of hydrogen-bond donors (Lipinski definition) is 0. The molecule has 0 radical (unpaired) electrons. The Morgan fingerprint density at radius 3 is 2.67 bits per heavy atom. The standard InChI is InChI=1S/C15H24ClN5/c1-12-14-15(19(2)18-12)21(13(17-14)6-7-16)11-5-10-20-8-3-4-9-20/h3-11H2,1-2H3. The third kappa shape index (κ3) is 2.94. The lowest BCUT2D eigenvalue weighted by atomic mass is 10.3. The van der Waals surface area contributed by atoms with Crippen LogP contribution in [0.2, 0.25) is 0 Å². The zero-order valence-corrected chi connectivity index (χ0v) is 13.7. The molecule has 2 aromatic heterocycles. The molecule has 6 heteroatoms. The molecule has 0 aliphatic carbocycles. The summed E-state index contributed by atoms with van der Waals surface area (Å²) in [6.07, 6.45) is 4.69. The molecule has 0 aromatic carbocycles. The minimum atomic E-state index is 0.613. The highest BCUT2D eigenvalue weighted by atomic mass is 35.5. The van der Waals surface area contributed by atoms with E-state index < -0.39 is 0 Å². The van der Waals surface area contributed by atoms with Crippen molar-refractivity contribution in [1.29, 1.82) is 0 Å². The van der Waals surface area contributed by atoms with E-state index in [-0.39, 0.29) is 0 Å². The number of halogens is 1. The van der Waals surface area contributed by atoms with Gasteiger partial charge in [0, 0.05) is 25.9 Å². The minimum Gasteiger partial charge on any atom is -0.313 e. The Balaban J connectivity index is 1.79. The molecule has 1 saturated heterocycles. The van der Waals surface area contributed by atoms with Crippen LogP contribution in [0.4, 0.5) is 0 Å². The number of nitrogens with zero attached hydrogens (tertiary/aromatic N) is 5. The van der Waals surface area contributed by atoms with Crippen LogP contribution in [0, 0.1) is 6.92 Å². The van der Waals surface area contributed by atoms with Crippen molar-refractivity contribution in [1.82, 2.24) is 24.2 Å². The smallest absolute Gasteiger partial charge is 0.158 e. The highest BCUT2D eigenvalue weighted by Gasteiger charge is 2.17. The van der Waals surface area contributed by atoms with Gasteiger partial charge in [0.15, 0.2) is 5.65 Å². The fourth-order valence-electron chi connectivity index (χ4n) is 3.35. The van der Waals surface area contributed by atoms with Gasteiger partial charge in [-0.1, -0.05) is 0 Å². The summed E-state index contributed by atoms with van der Waals surface area (Å²) in [5.74, 6) is 1.71. The molecule has 116 valence electrons. The Hall–Kier alpha value is -1.07. The highest BCUT2D eigenvalue weighted by Crippen LogP contribution is 2.20. The van der Waals surface area contributed by atoms with E-state index in [0.717, 1.165) is 42.1 Å². The second kappa shape index (κ2) is 6.36. The molecule has 0 atom stereocenters. The monoisotopic (exact) mass is 309 g/mol. The van der Waals surface area contributed by atoms with Crippen LogP contribution < -0.4 is 0 Å². The summed E-state index contributed by atoms with van der Waals surface area (Å²) in [6, 6.07) is 0. The van der Waals surface area contributed by atoms with Crippen LogP contribution in [0.3, 0.4) is 0 Å². The van der Waals surface area contributed by atoms with Gasteiger partial charge in [0.1, 0.15) is 11.3 Å². The second-order valence-corrected chi connectivity index (χ2v) is 6.28. The molecule has 3 heterocycles. The second-order valence-electron chi connectivity index (χ2n) is 5.90. The molecule has 5 nitrogen and oxygen atoms in total. The highest BCUT2D eigenvalue weighted by molar-refractivity contribution is 6.17. The van der Waals surface area contributed by atoms with Crippen LogP contribution in [0.25, 0.3) is 11.2 Å². The molecular weight excluding hydrogens is 286 g/mol. The van der Waals surface area contributed by atoms with E-state index in [1.54, 1.807) is 0 Å². The van der Waals surface area contributed by atoms with E-state index in [2.05, 4.69) is 14.6 Å². The van der Waals surface area contributed by atoms with Gasteiger partial charge in [-0.05, 0) is 45.8 Å². The van der Waals surface area contributed by atoms with Gasteiger partial charge in [0.05, 0.1) is 5.69 Å². The average molecular weight is 310 g/mol. The molecule has 0 N–H and O–H groups in total. The molecule has 1 fully saturated rings. The lowest BCUT2D eigenvalue weighted by molar-refractivity contribution is 0.325. The van der Waals surface area contributed by atoms with Gasteiger partial charge in [0.2, 0.25) is 0 Å². The molecule has 0 spiro atoms. The van der Waals surface area contributed by atoms with Crippen molar-refractivity contribution in [3.05, 3.63) is 11.5 Å². The van der Waals surface area contributed by atoms with Gasteiger partial charge in [-0.2, -0.15) is 5.10 Å². The van der Waals surface area contributed by atoms with Crippen LogP contribution in [0.15, 0.2) is 0 Å². The Labute approximate surface area is 130 Å². The molecule has 0 bridgehead atoms. The van der Waals surface area contributed by atoms with Crippen molar-refractivity contribution in [2.75, 3.05) is 25.5 Å². The summed E-state index contributed by atoms with van der Waals surface area (Å²) >= 11 is 5.94. The fourth-order valence-corrected chi connectivity index (χ4v) is 3.52. The number of alkyl halides is 1. The summed E-state index contributed by atoms with van der Waals surface area (Å²) < 4.78 is 4.26. The first-order chi connectivity index (χ1) is 10.2. The van der Waals surface area contributed by atoms with E-state index in [1.807, 2.05) is 18.7 Å². The fraction of sp³-hybridized carbons (Fsp3) is 0.733. The number of fused-ring (bicyclic) bond motifs is 1. The number of aryl methyl sites for hydroxylation is 4. The first kappa shape index (κ1) is 14.9. The molecule has 1 aliphatic rings. The van der Waals surface area contributed by atoms with Gasteiger partial charge in [0.25, 0.3) is 0 Å². The lowest BCUT2D eigenvalue weighted by Crippen LogP contribution is -2.22. The molecule has 0 unspecified atom stereocenters. The van der Waals surface area contributed by atoms with Gasteiger partial charge < -0.3 is 9.47 Å². The van der Waals surface area contributed by atoms with Gasteiger partial charge in [-0.15, -0.1) is 11.6 Å². The van der Waals surface area contributed by atoms with E-state index in [9.17, 15) is 0 Å². The molecule has 2 aromatic rings.